The highest BCUT2D eigenvalue weighted by molar-refractivity contribution is 7.89. The quantitative estimate of drug-likeness (QED) is 0.558. The van der Waals surface area contributed by atoms with Crippen molar-refractivity contribution in [1.82, 2.24) is 14.5 Å². The number of nitrogens with zero attached hydrogens (tertiary/aromatic N) is 3. The summed E-state index contributed by atoms with van der Waals surface area (Å²) in [5.74, 6) is 0.301. The van der Waals surface area contributed by atoms with Crippen molar-refractivity contribution in [1.29, 1.82) is 0 Å². The Kier molecular flexibility index (Phi) is 6.09. The predicted octanol–water partition coefficient (Wildman–Crippen LogP) is 2.81. The molecule has 0 saturated carbocycles. The molecular weight excluding hydrogens is 436 g/mol. The molecule has 2 aliphatic heterocycles. The van der Waals surface area contributed by atoms with E-state index in [4.69, 9.17) is 5.14 Å². The molecule has 0 radical (unpaired) electrons. The number of piperidine rings is 1. The van der Waals surface area contributed by atoms with E-state index in [0.29, 0.717) is 12.3 Å². The number of aliphatic hydroxyl groups is 1. The number of fused-ring (bicyclic) bond motifs is 3. The summed E-state index contributed by atoms with van der Waals surface area (Å²) in [5, 5.41) is 16.3. The Morgan fingerprint density at radius 2 is 1.82 bits per heavy atom. The standard InChI is InChI=1S/C25H30N4O3S/c26-33(31,32)20-7-5-18(6-8-20)9-12-28-13-10-19(11-14-28)25(30)15-23-21-3-1-2-4-22(21)24-16-27-17-29(23)24/h1-8,16-17,19,23,25,30H,9-15H2,(H2,26,31,32). The van der Waals surface area contributed by atoms with Gasteiger partial charge in [0.25, 0.3) is 0 Å². The normalized spacial score (nSPS) is 19.9. The molecule has 0 amide bonds. The number of nitrogens with two attached hydrogens (primary N) is 1. The first-order valence-corrected chi connectivity index (χ1v) is 13.1. The summed E-state index contributed by atoms with van der Waals surface area (Å²) < 4.78 is 25.0. The molecule has 8 heteroatoms. The fourth-order valence-corrected chi connectivity index (χ4v) is 5.80. The van der Waals surface area contributed by atoms with Gasteiger partial charge in [0.2, 0.25) is 10.0 Å². The summed E-state index contributed by atoms with van der Waals surface area (Å²) in [7, 11) is -3.65. The molecular formula is C25H30N4O3S. The van der Waals surface area contributed by atoms with Gasteiger partial charge in [0.1, 0.15) is 0 Å². The maximum atomic E-state index is 11.4. The predicted molar refractivity (Wildman–Crippen MR) is 127 cm³/mol. The Hall–Kier alpha value is -2.52. The molecule has 5 rings (SSSR count). The molecule has 2 unspecified atom stereocenters. The molecule has 3 heterocycles. The molecule has 2 aromatic carbocycles. The SMILES string of the molecule is NS(=O)(=O)c1ccc(CCN2CCC(C(O)CC3c4ccccc4-c4cncn43)CC2)cc1. The molecule has 7 nitrogen and oxygen atoms in total. The Labute approximate surface area is 194 Å². The van der Waals surface area contributed by atoms with Crippen molar-refractivity contribution in [2.75, 3.05) is 19.6 Å². The fourth-order valence-electron chi connectivity index (χ4n) is 5.29. The van der Waals surface area contributed by atoms with Gasteiger partial charge in [-0.05, 0) is 68.0 Å². The van der Waals surface area contributed by atoms with Crippen LogP contribution in [0.3, 0.4) is 0 Å². The smallest absolute Gasteiger partial charge is 0.238 e. The van der Waals surface area contributed by atoms with Gasteiger partial charge in [-0.3, -0.25) is 0 Å². The van der Waals surface area contributed by atoms with Crippen LogP contribution in [-0.2, 0) is 16.4 Å². The number of benzene rings is 2. The van der Waals surface area contributed by atoms with Crippen LogP contribution in [0.1, 0.15) is 36.4 Å². The van der Waals surface area contributed by atoms with E-state index in [1.807, 2.05) is 24.7 Å². The van der Waals surface area contributed by atoms with Crippen molar-refractivity contribution in [2.45, 2.75) is 42.7 Å². The van der Waals surface area contributed by atoms with Gasteiger partial charge >= 0.3 is 0 Å². The molecule has 3 N–H and O–H groups in total. The molecule has 0 aliphatic carbocycles. The van der Waals surface area contributed by atoms with E-state index >= 15 is 0 Å². The van der Waals surface area contributed by atoms with E-state index in [-0.39, 0.29) is 17.0 Å². The lowest BCUT2D eigenvalue weighted by Crippen LogP contribution is -2.39. The highest BCUT2D eigenvalue weighted by Crippen LogP contribution is 2.42. The number of primary sulfonamides is 1. The second-order valence-corrected chi connectivity index (χ2v) is 10.8. The first-order valence-electron chi connectivity index (χ1n) is 11.5. The van der Waals surface area contributed by atoms with Gasteiger partial charge in [-0.15, -0.1) is 0 Å². The van der Waals surface area contributed by atoms with Gasteiger partial charge < -0.3 is 14.6 Å². The van der Waals surface area contributed by atoms with E-state index in [9.17, 15) is 13.5 Å². The van der Waals surface area contributed by atoms with Crippen LogP contribution < -0.4 is 5.14 Å². The van der Waals surface area contributed by atoms with Gasteiger partial charge in [0.15, 0.2) is 0 Å². The minimum atomic E-state index is -3.65. The van der Waals surface area contributed by atoms with E-state index < -0.39 is 10.0 Å². The first kappa shape index (κ1) is 22.3. The maximum Gasteiger partial charge on any atom is 0.238 e. The second-order valence-electron chi connectivity index (χ2n) is 9.21. The summed E-state index contributed by atoms with van der Waals surface area (Å²) in [4.78, 5) is 6.90. The van der Waals surface area contributed by atoms with Crippen LogP contribution in [0.2, 0.25) is 0 Å². The van der Waals surface area contributed by atoms with Crippen molar-refractivity contribution in [2.24, 2.45) is 11.1 Å². The zero-order chi connectivity index (χ0) is 23.0. The van der Waals surface area contributed by atoms with Gasteiger partial charge in [0, 0.05) is 12.1 Å². The molecule has 174 valence electrons. The molecule has 1 saturated heterocycles. The second kappa shape index (κ2) is 9.02. The van der Waals surface area contributed by atoms with Crippen LogP contribution >= 0.6 is 0 Å². The van der Waals surface area contributed by atoms with Crippen molar-refractivity contribution >= 4 is 10.0 Å². The van der Waals surface area contributed by atoms with Gasteiger partial charge in [-0.1, -0.05) is 36.4 Å². The van der Waals surface area contributed by atoms with Gasteiger partial charge in [-0.25, -0.2) is 18.5 Å². The van der Waals surface area contributed by atoms with E-state index in [0.717, 1.165) is 50.2 Å². The zero-order valence-corrected chi connectivity index (χ0v) is 19.4. The molecule has 1 aromatic heterocycles. The zero-order valence-electron chi connectivity index (χ0n) is 18.5. The molecule has 2 aliphatic rings. The third kappa shape index (κ3) is 4.61. The average Bonchev–Trinajstić information content (AvgIpc) is 3.40. The van der Waals surface area contributed by atoms with Gasteiger partial charge in [0.05, 0.1) is 35.3 Å². The lowest BCUT2D eigenvalue weighted by atomic mass is 9.86. The molecule has 0 bridgehead atoms. The van der Waals surface area contributed by atoms with Crippen LogP contribution in [0.25, 0.3) is 11.3 Å². The average molecular weight is 467 g/mol. The Morgan fingerprint density at radius 3 is 2.55 bits per heavy atom. The fraction of sp³-hybridized carbons (Fsp3) is 0.400. The van der Waals surface area contributed by atoms with Crippen molar-refractivity contribution in [3.8, 4) is 11.3 Å². The van der Waals surface area contributed by atoms with Crippen LogP contribution in [0.4, 0.5) is 0 Å². The topological polar surface area (TPSA) is 101 Å². The monoisotopic (exact) mass is 466 g/mol. The minimum absolute atomic E-state index is 0.145. The number of hydrogen-bond acceptors (Lipinski definition) is 5. The third-order valence-corrected chi connectivity index (χ3v) is 8.14. The highest BCUT2D eigenvalue weighted by atomic mass is 32.2. The molecule has 33 heavy (non-hydrogen) atoms. The Bertz CT molecular complexity index is 1210. The number of aromatic nitrogens is 2. The number of hydrogen-bond donors (Lipinski definition) is 2. The Morgan fingerprint density at radius 1 is 1.09 bits per heavy atom. The van der Waals surface area contributed by atoms with Crippen LogP contribution in [0.15, 0.2) is 66.0 Å². The van der Waals surface area contributed by atoms with Crippen LogP contribution in [-0.4, -0.2) is 53.7 Å². The van der Waals surface area contributed by atoms with E-state index in [2.05, 4.69) is 38.7 Å². The number of rotatable bonds is 7. The molecule has 1 fully saturated rings. The summed E-state index contributed by atoms with van der Waals surface area (Å²) in [6, 6.07) is 15.4. The van der Waals surface area contributed by atoms with Crippen LogP contribution in [0, 0.1) is 5.92 Å². The van der Waals surface area contributed by atoms with Crippen molar-refractivity contribution in [3.63, 3.8) is 0 Å². The number of aliphatic hydroxyl groups excluding tert-OH is 1. The summed E-state index contributed by atoms with van der Waals surface area (Å²) in [5.41, 5.74) is 4.73. The Balaban J connectivity index is 1.13. The van der Waals surface area contributed by atoms with Gasteiger partial charge in [-0.2, -0.15) is 0 Å². The van der Waals surface area contributed by atoms with E-state index in [1.54, 1.807) is 12.1 Å². The summed E-state index contributed by atoms with van der Waals surface area (Å²) in [6.07, 6.45) is 6.98. The molecule has 3 aromatic rings. The lowest BCUT2D eigenvalue weighted by Gasteiger charge is -2.35. The summed E-state index contributed by atoms with van der Waals surface area (Å²) in [6.45, 7) is 2.86. The maximum absolute atomic E-state index is 11.4. The summed E-state index contributed by atoms with van der Waals surface area (Å²) >= 11 is 0. The first-order chi connectivity index (χ1) is 15.9. The van der Waals surface area contributed by atoms with Crippen LogP contribution in [0.5, 0.6) is 0 Å². The number of sulfonamides is 1. The minimum Gasteiger partial charge on any atom is -0.393 e. The van der Waals surface area contributed by atoms with Crippen molar-refractivity contribution < 1.29 is 13.5 Å². The lowest BCUT2D eigenvalue weighted by molar-refractivity contribution is 0.0474. The molecule has 2 atom stereocenters. The highest BCUT2D eigenvalue weighted by Gasteiger charge is 2.33. The largest absolute Gasteiger partial charge is 0.393 e. The van der Waals surface area contributed by atoms with E-state index in [1.165, 1.54) is 11.1 Å². The number of likely N-dealkylation sites (tertiary alicyclic amines) is 1. The van der Waals surface area contributed by atoms with Crippen molar-refractivity contribution in [3.05, 3.63) is 72.2 Å². The number of imidazole rings is 1. The molecule has 0 spiro atoms. The third-order valence-electron chi connectivity index (χ3n) is 7.21.